The van der Waals surface area contributed by atoms with E-state index in [1.807, 2.05) is 0 Å². The van der Waals surface area contributed by atoms with Gasteiger partial charge in [-0.15, -0.1) is 0 Å². The summed E-state index contributed by atoms with van der Waals surface area (Å²) in [7, 11) is 0. The van der Waals surface area contributed by atoms with Gasteiger partial charge in [-0.2, -0.15) is 13.2 Å². The van der Waals surface area contributed by atoms with E-state index >= 15 is 0 Å². The van der Waals surface area contributed by atoms with Crippen LogP contribution in [-0.4, -0.2) is 20.9 Å². The number of aromatic nitrogens is 3. The molecule has 0 aromatic carbocycles. The van der Waals surface area contributed by atoms with Gasteiger partial charge in [0.1, 0.15) is 0 Å². The molecule has 2 aromatic rings. The summed E-state index contributed by atoms with van der Waals surface area (Å²) in [5.74, 6) is -0.103. The van der Waals surface area contributed by atoms with Gasteiger partial charge in [0.25, 0.3) is 0 Å². The van der Waals surface area contributed by atoms with Crippen LogP contribution < -0.4 is 0 Å². The van der Waals surface area contributed by atoms with E-state index in [0.29, 0.717) is 0 Å². The van der Waals surface area contributed by atoms with Crippen molar-refractivity contribution in [2.75, 3.05) is 0 Å². The Hall–Kier alpha value is -2.22. The molecule has 2 heterocycles. The summed E-state index contributed by atoms with van der Waals surface area (Å²) in [5.41, 5.74) is -0.259. The number of alkyl halides is 3. The molecule has 0 aliphatic carbocycles. The second kappa shape index (κ2) is 6.49. The average Bonchev–Trinajstić information content (AvgIpc) is 2.80. The van der Waals surface area contributed by atoms with Crippen LogP contribution in [0.4, 0.5) is 19.0 Å². The number of hydrogen-bond donors (Lipinski definition) is 0. The molecule has 0 saturated heterocycles. The molecule has 0 atom stereocenters. The first-order valence-corrected chi connectivity index (χ1v) is 5.26. The van der Waals surface area contributed by atoms with Crippen LogP contribution in [0.3, 0.4) is 0 Å². The van der Waals surface area contributed by atoms with E-state index < -0.39 is 12.6 Å². The summed E-state index contributed by atoms with van der Waals surface area (Å²) in [4.78, 5) is 6.81. The van der Waals surface area contributed by atoms with Crippen LogP contribution in [0.1, 0.15) is 11.3 Å². The van der Waals surface area contributed by atoms with E-state index in [1.165, 1.54) is 18.2 Å². The van der Waals surface area contributed by atoms with E-state index in [0.717, 1.165) is 4.68 Å². The number of rotatable bonds is 2. The van der Waals surface area contributed by atoms with Gasteiger partial charge in [0.05, 0.1) is 17.8 Å². The molecule has 0 spiro atoms. The minimum Gasteiger partial charge on any atom is -0.315 e. The summed E-state index contributed by atoms with van der Waals surface area (Å²) < 4.78 is 37.9. The largest absolute Gasteiger partial charge is 0.394 e. The van der Waals surface area contributed by atoms with Crippen molar-refractivity contribution < 1.29 is 33.3 Å². The van der Waals surface area contributed by atoms with Crippen molar-refractivity contribution in [3.05, 3.63) is 47.1 Å². The number of nitriles is 1. The maximum Gasteiger partial charge on any atom is 0.394 e. The predicted octanol–water partition coefficient (Wildman–Crippen LogP) is 2.59. The van der Waals surface area contributed by atoms with Crippen molar-refractivity contribution in [1.82, 2.24) is 14.8 Å². The molecule has 1 radical (unpaired) electrons. The summed E-state index contributed by atoms with van der Waals surface area (Å²) in [5, 5.41) is 12.5. The first kappa shape index (κ1) is 16.8. The van der Waals surface area contributed by atoms with Gasteiger partial charge in [-0.25, -0.2) is 4.68 Å². The zero-order valence-electron chi connectivity index (χ0n) is 10.1. The van der Waals surface area contributed by atoms with Gasteiger partial charge in [-0.05, 0) is 12.1 Å². The van der Waals surface area contributed by atoms with E-state index in [4.69, 9.17) is 11.8 Å². The molecular formula is C12H5F3IrN5-. The number of halogens is 3. The van der Waals surface area contributed by atoms with Crippen LogP contribution in [0.2, 0.25) is 0 Å². The van der Waals surface area contributed by atoms with Crippen molar-refractivity contribution in [1.29, 1.82) is 5.26 Å². The second-order valence-corrected chi connectivity index (χ2v) is 3.72. The third kappa shape index (κ3) is 4.12. The number of hydrogen-bond acceptors (Lipinski definition) is 3. The first-order chi connectivity index (χ1) is 9.43. The maximum atomic E-state index is 12.3. The molecule has 21 heavy (non-hydrogen) atoms. The van der Waals surface area contributed by atoms with Gasteiger partial charge in [-0.1, -0.05) is 18.7 Å². The molecular weight excluding hydrogens is 463 g/mol. The minimum absolute atomic E-state index is 0. The zero-order valence-corrected chi connectivity index (χ0v) is 12.5. The Morgan fingerprint density at radius 2 is 2.14 bits per heavy atom. The summed E-state index contributed by atoms with van der Waals surface area (Å²) in [6.45, 7) is 6.83. The molecule has 5 nitrogen and oxygen atoms in total. The minimum atomic E-state index is -4.36. The van der Waals surface area contributed by atoms with Gasteiger partial charge in [0, 0.05) is 37.1 Å². The summed E-state index contributed by atoms with van der Waals surface area (Å²) in [6.07, 6.45) is -3.05. The fourth-order valence-corrected chi connectivity index (χ4v) is 1.48. The van der Waals surface area contributed by atoms with Crippen LogP contribution in [0.5, 0.6) is 0 Å². The number of pyridine rings is 1. The summed E-state index contributed by atoms with van der Waals surface area (Å²) in [6, 6.07) is 5.77. The Labute approximate surface area is 131 Å². The fourth-order valence-electron chi connectivity index (χ4n) is 1.48. The van der Waals surface area contributed by atoms with Crippen molar-refractivity contribution in [3.63, 3.8) is 0 Å². The molecule has 2 rings (SSSR count). The SMILES string of the molecule is [C-]#[N+]c1nn(-c2cccc(CC(F)(F)F)n2)[c-]c1C#N.[Ir]. The third-order valence-electron chi connectivity index (χ3n) is 2.24. The molecule has 0 saturated carbocycles. The van der Waals surface area contributed by atoms with E-state index in [9.17, 15) is 13.2 Å². The molecule has 0 aliphatic heterocycles. The van der Waals surface area contributed by atoms with Crippen LogP contribution in [0, 0.1) is 24.1 Å². The Bertz CT molecular complexity index is 692. The topological polar surface area (TPSA) is 58.9 Å². The van der Waals surface area contributed by atoms with Crippen molar-refractivity contribution in [2.45, 2.75) is 12.6 Å². The third-order valence-corrected chi connectivity index (χ3v) is 2.24. The van der Waals surface area contributed by atoms with E-state index in [-0.39, 0.29) is 43.0 Å². The summed E-state index contributed by atoms with van der Waals surface area (Å²) >= 11 is 0. The molecule has 0 aliphatic rings. The van der Waals surface area contributed by atoms with Crippen molar-refractivity contribution >= 4 is 5.82 Å². The smallest absolute Gasteiger partial charge is 0.315 e. The Balaban J connectivity index is 0.00000220. The van der Waals surface area contributed by atoms with Crippen LogP contribution in [-0.2, 0) is 26.5 Å². The van der Waals surface area contributed by atoms with E-state index in [1.54, 1.807) is 6.07 Å². The van der Waals surface area contributed by atoms with Crippen molar-refractivity contribution in [2.24, 2.45) is 0 Å². The van der Waals surface area contributed by atoms with Crippen LogP contribution in [0.25, 0.3) is 10.7 Å². The van der Waals surface area contributed by atoms with Crippen molar-refractivity contribution in [3.8, 4) is 11.9 Å². The van der Waals surface area contributed by atoms with Gasteiger partial charge < -0.3 is 4.85 Å². The molecule has 9 heteroatoms. The van der Waals surface area contributed by atoms with E-state index in [2.05, 4.69) is 21.1 Å². The standard InChI is InChI=1S/C12H5F3N5.Ir/c1-17-11-8(6-16)7-20(19-11)10-4-2-3-9(18-10)5-12(13,14)15;/h2-4H,5H2;/q-1;. The molecule has 109 valence electrons. The quantitative estimate of drug-likeness (QED) is 0.637. The molecule has 0 bridgehead atoms. The molecule has 0 unspecified atom stereocenters. The monoisotopic (exact) mass is 469 g/mol. The molecule has 0 fully saturated rings. The Morgan fingerprint density at radius 1 is 1.43 bits per heavy atom. The molecule has 0 N–H and O–H groups in total. The van der Waals surface area contributed by atoms with Crippen LogP contribution in [0.15, 0.2) is 18.2 Å². The number of nitrogens with zero attached hydrogens (tertiary/aromatic N) is 5. The fraction of sp³-hybridized carbons (Fsp3) is 0.167. The maximum absolute atomic E-state index is 12.3. The normalized spacial score (nSPS) is 10.3. The van der Waals surface area contributed by atoms with Gasteiger partial charge in [0.15, 0.2) is 0 Å². The zero-order chi connectivity index (χ0) is 14.8. The van der Waals surface area contributed by atoms with Crippen LogP contribution >= 0.6 is 0 Å². The Kier molecular flexibility index (Phi) is 5.20. The van der Waals surface area contributed by atoms with Gasteiger partial charge in [-0.3, -0.25) is 10.2 Å². The van der Waals surface area contributed by atoms with Gasteiger partial charge >= 0.3 is 12.0 Å². The first-order valence-electron chi connectivity index (χ1n) is 5.26. The predicted molar refractivity (Wildman–Crippen MR) is 60.9 cm³/mol. The second-order valence-electron chi connectivity index (χ2n) is 3.72. The Morgan fingerprint density at radius 3 is 2.67 bits per heavy atom. The molecule has 2 aromatic heterocycles. The average molecular weight is 468 g/mol. The van der Waals surface area contributed by atoms with Gasteiger partial charge in [0.2, 0.25) is 0 Å². The molecule has 0 amide bonds.